The van der Waals surface area contributed by atoms with Gasteiger partial charge in [0.1, 0.15) is 5.51 Å². The molecule has 5 nitrogen and oxygen atoms in total. The van der Waals surface area contributed by atoms with Gasteiger partial charge in [0, 0.05) is 0 Å². The number of aromatic nitrogens is 2. The highest BCUT2D eigenvalue weighted by Gasteiger charge is 2.19. The molecule has 0 aromatic carbocycles. The van der Waals surface area contributed by atoms with E-state index >= 15 is 0 Å². The van der Waals surface area contributed by atoms with Crippen LogP contribution in [0.3, 0.4) is 0 Å². The van der Waals surface area contributed by atoms with Crippen molar-refractivity contribution in [3.05, 3.63) is 5.51 Å². The van der Waals surface area contributed by atoms with E-state index in [0.717, 1.165) is 17.2 Å². The Kier molecular flexibility index (Phi) is 4.85. The first-order valence-corrected chi connectivity index (χ1v) is 5.97. The maximum absolute atomic E-state index is 11.3. The number of carbonyl (C=O) groups excluding carboxylic acids is 1. The fourth-order valence-corrected chi connectivity index (χ4v) is 2.78. The number of nitrogens with two attached hydrogens (primary N) is 1. The van der Waals surface area contributed by atoms with Crippen LogP contribution in [-0.2, 0) is 4.79 Å². The summed E-state index contributed by atoms with van der Waals surface area (Å²) in [4.78, 5) is 11.3. The lowest BCUT2D eigenvalue weighted by Gasteiger charge is -2.11. The first kappa shape index (κ1) is 11.4. The molecule has 1 unspecified atom stereocenters. The van der Waals surface area contributed by atoms with Gasteiger partial charge in [0.25, 0.3) is 0 Å². The Labute approximate surface area is 90.4 Å². The van der Waals surface area contributed by atoms with Crippen molar-refractivity contribution in [2.24, 2.45) is 5.84 Å². The van der Waals surface area contributed by atoms with Crippen LogP contribution in [0.4, 0.5) is 0 Å². The molecule has 78 valence electrons. The zero-order chi connectivity index (χ0) is 10.4. The standard InChI is InChI=1S/C7H12N4OS2/c1-2-3-5(6(12)10-8)14-7-11-9-4-13-7/h4-5H,2-3,8H2,1H3,(H,10,12). The topological polar surface area (TPSA) is 80.9 Å². The number of carbonyl (C=O) groups is 1. The van der Waals surface area contributed by atoms with Crippen molar-refractivity contribution in [3.63, 3.8) is 0 Å². The van der Waals surface area contributed by atoms with Crippen molar-refractivity contribution in [2.75, 3.05) is 0 Å². The van der Waals surface area contributed by atoms with E-state index in [0.29, 0.717) is 0 Å². The maximum Gasteiger partial charge on any atom is 0.247 e. The average molecular weight is 232 g/mol. The number of thioether (sulfide) groups is 1. The van der Waals surface area contributed by atoms with Crippen molar-refractivity contribution in [3.8, 4) is 0 Å². The number of rotatable bonds is 5. The number of hydrogen-bond acceptors (Lipinski definition) is 6. The van der Waals surface area contributed by atoms with Crippen LogP contribution in [0, 0.1) is 0 Å². The van der Waals surface area contributed by atoms with Crippen LogP contribution in [-0.4, -0.2) is 21.4 Å². The minimum atomic E-state index is -0.169. The van der Waals surface area contributed by atoms with Crippen LogP contribution in [0.15, 0.2) is 9.85 Å². The molecule has 0 aliphatic carbocycles. The highest BCUT2D eigenvalue weighted by molar-refractivity contribution is 8.02. The molecule has 1 rings (SSSR count). The molecule has 0 saturated carbocycles. The largest absolute Gasteiger partial charge is 0.293 e. The van der Waals surface area contributed by atoms with E-state index in [9.17, 15) is 4.79 Å². The summed E-state index contributed by atoms with van der Waals surface area (Å²) in [5.74, 6) is 4.93. The van der Waals surface area contributed by atoms with Crippen LogP contribution in [0.5, 0.6) is 0 Å². The SMILES string of the molecule is CCCC(Sc1nncs1)C(=O)NN. The zero-order valence-electron chi connectivity index (χ0n) is 7.77. The molecule has 1 atom stereocenters. The van der Waals surface area contributed by atoms with Crippen LogP contribution in [0.1, 0.15) is 19.8 Å². The predicted octanol–water partition coefficient (Wildman–Crippen LogP) is 0.789. The van der Waals surface area contributed by atoms with Crippen molar-refractivity contribution in [1.82, 2.24) is 15.6 Å². The molecule has 0 radical (unpaired) electrons. The van der Waals surface area contributed by atoms with Gasteiger partial charge in [-0.1, -0.05) is 36.4 Å². The van der Waals surface area contributed by atoms with Crippen molar-refractivity contribution in [2.45, 2.75) is 29.4 Å². The van der Waals surface area contributed by atoms with Gasteiger partial charge in [-0.2, -0.15) is 0 Å². The van der Waals surface area contributed by atoms with Gasteiger partial charge in [-0.05, 0) is 6.42 Å². The molecule has 7 heteroatoms. The van der Waals surface area contributed by atoms with Crippen LogP contribution >= 0.6 is 23.1 Å². The minimum Gasteiger partial charge on any atom is -0.293 e. The van der Waals surface area contributed by atoms with E-state index in [1.807, 2.05) is 6.92 Å². The predicted molar refractivity (Wildman–Crippen MR) is 56.8 cm³/mol. The molecule has 1 heterocycles. The molecule has 0 bridgehead atoms. The molecule has 0 aliphatic heterocycles. The second kappa shape index (κ2) is 5.94. The van der Waals surface area contributed by atoms with E-state index in [1.165, 1.54) is 23.1 Å². The summed E-state index contributed by atoms with van der Waals surface area (Å²) in [6, 6.07) is 0. The van der Waals surface area contributed by atoms with E-state index in [-0.39, 0.29) is 11.2 Å². The highest BCUT2D eigenvalue weighted by atomic mass is 32.2. The molecule has 14 heavy (non-hydrogen) atoms. The van der Waals surface area contributed by atoms with Gasteiger partial charge in [0.2, 0.25) is 5.91 Å². The van der Waals surface area contributed by atoms with Crippen LogP contribution in [0.25, 0.3) is 0 Å². The number of hydrogen-bond donors (Lipinski definition) is 2. The first-order chi connectivity index (χ1) is 6.77. The third kappa shape index (κ3) is 3.24. The number of amides is 1. The molecule has 1 amide bonds. The van der Waals surface area contributed by atoms with Crippen LogP contribution in [0.2, 0.25) is 0 Å². The van der Waals surface area contributed by atoms with Crippen molar-refractivity contribution < 1.29 is 4.79 Å². The Morgan fingerprint density at radius 2 is 2.64 bits per heavy atom. The quantitative estimate of drug-likeness (QED) is 0.339. The molecule has 0 aliphatic rings. The van der Waals surface area contributed by atoms with Gasteiger partial charge in [0.15, 0.2) is 4.34 Å². The zero-order valence-corrected chi connectivity index (χ0v) is 9.40. The van der Waals surface area contributed by atoms with Gasteiger partial charge < -0.3 is 0 Å². The summed E-state index contributed by atoms with van der Waals surface area (Å²) in [5, 5.41) is 7.40. The molecular weight excluding hydrogens is 220 g/mol. The lowest BCUT2D eigenvalue weighted by atomic mass is 10.2. The van der Waals surface area contributed by atoms with Crippen molar-refractivity contribution >= 4 is 29.0 Å². The molecular formula is C7H12N4OS2. The van der Waals surface area contributed by atoms with E-state index < -0.39 is 0 Å². The number of nitrogens with one attached hydrogen (secondary N) is 1. The summed E-state index contributed by atoms with van der Waals surface area (Å²) in [6.45, 7) is 2.03. The molecule has 0 saturated heterocycles. The Balaban J connectivity index is 2.55. The molecule has 0 fully saturated rings. The minimum absolute atomic E-state index is 0.160. The number of hydrazine groups is 1. The van der Waals surface area contributed by atoms with Gasteiger partial charge in [-0.15, -0.1) is 10.2 Å². The summed E-state index contributed by atoms with van der Waals surface area (Å²) in [6.07, 6.45) is 1.72. The summed E-state index contributed by atoms with van der Waals surface area (Å²) >= 11 is 2.83. The lowest BCUT2D eigenvalue weighted by molar-refractivity contribution is -0.120. The molecule has 1 aromatic rings. The second-order valence-electron chi connectivity index (χ2n) is 2.61. The van der Waals surface area contributed by atoms with Gasteiger partial charge >= 0.3 is 0 Å². The first-order valence-electron chi connectivity index (χ1n) is 4.21. The van der Waals surface area contributed by atoms with Gasteiger partial charge in [0.05, 0.1) is 5.25 Å². The average Bonchev–Trinajstić information content (AvgIpc) is 2.68. The molecule has 1 aromatic heterocycles. The van der Waals surface area contributed by atoms with E-state index in [2.05, 4.69) is 15.6 Å². The number of nitrogens with zero attached hydrogens (tertiary/aromatic N) is 2. The smallest absolute Gasteiger partial charge is 0.247 e. The van der Waals surface area contributed by atoms with Gasteiger partial charge in [-0.3, -0.25) is 10.2 Å². The Morgan fingerprint density at radius 1 is 1.86 bits per heavy atom. The van der Waals surface area contributed by atoms with Crippen molar-refractivity contribution in [1.29, 1.82) is 0 Å². The molecule has 0 spiro atoms. The Morgan fingerprint density at radius 3 is 3.14 bits per heavy atom. The second-order valence-corrected chi connectivity index (χ2v) is 4.89. The van der Waals surface area contributed by atoms with Crippen LogP contribution < -0.4 is 11.3 Å². The third-order valence-corrected chi connectivity index (χ3v) is 3.65. The third-order valence-electron chi connectivity index (χ3n) is 1.57. The Hall–Kier alpha value is -0.660. The van der Waals surface area contributed by atoms with E-state index in [4.69, 9.17) is 5.84 Å². The van der Waals surface area contributed by atoms with Gasteiger partial charge in [-0.25, -0.2) is 5.84 Å². The van der Waals surface area contributed by atoms with E-state index in [1.54, 1.807) is 5.51 Å². The fraction of sp³-hybridized carbons (Fsp3) is 0.571. The molecule has 3 N–H and O–H groups in total. The normalized spacial score (nSPS) is 12.4. The Bertz CT molecular complexity index is 277. The fourth-order valence-electron chi connectivity index (χ4n) is 0.935. The summed E-state index contributed by atoms with van der Waals surface area (Å²) in [5.41, 5.74) is 3.80. The lowest BCUT2D eigenvalue weighted by Crippen LogP contribution is -2.37. The monoisotopic (exact) mass is 232 g/mol. The maximum atomic E-state index is 11.3. The summed E-state index contributed by atoms with van der Waals surface area (Å²) in [7, 11) is 0. The summed E-state index contributed by atoms with van der Waals surface area (Å²) < 4.78 is 0.798. The highest BCUT2D eigenvalue weighted by Crippen LogP contribution is 2.27.